The van der Waals surface area contributed by atoms with Crippen LogP contribution < -0.4 is 10.6 Å². The molecule has 8 nitrogen and oxygen atoms in total. The van der Waals surface area contributed by atoms with Crippen LogP contribution in [-0.2, 0) is 14.3 Å². The number of carbonyl (C=O) groups excluding carboxylic acids is 3. The lowest BCUT2D eigenvalue weighted by Crippen LogP contribution is -2.54. The maximum absolute atomic E-state index is 14.1. The summed E-state index contributed by atoms with van der Waals surface area (Å²) in [4.78, 5) is 42.2. The number of aliphatic hydroxyl groups excluding tert-OH is 1. The number of unbranched alkanes of at least 4 members (excludes halogenated alkanes) is 5. The molecule has 0 radical (unpaired) electrons. The number of alkyl carbamates (subject to hydrolysis) is 1. The van der Waals surface area contributed by atoms with E-state index in [1.54, 1.807) is 20.8 Å². The van der Waals surface area contributed by atoms with Gasteiger partial charge < -0.3 is 25.4 Å². The van der Waals surface area contributed by atoms with Crippen molar-refractivity contribution in [1.82, 2.24) is 10.2 Å². The monoisotopic (exact) mass is 567 g/mol. The average Bonchev–Trinajstić information content (AvgIpc) is 2.87. The fraction of sp³-hybridized carbons (Fsp3) is 0.545. The Morgan fingerprint density at radius 3 is 2.12 bits per heavy atom. The topological polar surface area (TPSA) is 108 Å². The molecular weight excluding hydrogens is 518 g/mol. The van der Waals surface area contributed by atoms with Gasteiger partial charge in [-0.25, -0.2) is 4.79 Å². The summed E-state index contributed by atoms with van der Waals surface area (Å²) < 4.78 is 5.34. The summed E-state index contributed by atoms with van der Waals surface area (Å²) in [6.07, 6.45) is 5.19. The van der Waals surface area contributed by atoms with E-state index in [1.807, 2.05) is 63.2 Å². The number of hydrogen-bond acceptors (Lipinski definition) is 5. The second kappa shape index (κ2) is 16.2. The standard InChI is InChI=1S/C33H49N3O5/c1-8-9-10-11-12-15-18-36(31(39)28(22-37)35-32(40)41-33(5,6)7)29(26-20-23(2)19-24(3)21-26)30(38)34-27-17-14-13-16-25(27)4/h13-14,16-17,19-21,28-29,37H,8-12,15,18,22H2,1-7H3,(H,34,38)(H,35,40). The second-order valence-corrected chi connectivity index (χ2v) is 11.8. The molecule has 0 aliphatic carbocycles. The van der Waals surface area contributed by atoms with Crippen LogP contribution >= 0.6 is 0 Å². The molecule has 226 valence electrons. The average molecular weight is 568 g/mol. The predicted octanol–water partition coefficient (Wildman–Crippen LogP) is 6.37. The van der Waals surface area contributed by atoms with Gasteiger partial charge in [-0.3, -0.25) is 9.59 Å². The van der Waals surface area contributed by atoms with Crippen LogP contribution in [0.1, 0.15) is 94.5 Å². The Labute approximate surface area is 245 Å². The Bertz CT molecular complexity index is 1140. The number of nitrogens with one attached hydrogen (secondary N) is 2. The minimum absolute atomic E-state index is 0.288. The van der Waals surface area contributed by atoms with E-state index in [0.717, 1.165) is 48.8 Å². The van der Waals surface area contributed by atoms with Gasteiger partial charge in [-0.15, -0.1) is 0 Å². The molecule has 0 aliphatic heterocycles. The van der Waals surface area contributed by atoms with E-state index in [0.29, 0.717) is 17.7 Å². The van der Waals surface area contributed by atoms with Gasteiger partial charge in [0, 0.05) is 12.2 Å². The number of amides is 3. The van der Waals surface area contributed by atoms with E-state index in [1.165, 1.54) is 4.90 Å². The van der Waals surface area contributed by atoms with Crippen molar-refractivity contribution >= 4 is 23.6 Å². The number of hydrogen-bond donors (Lipinski definition) is 3. The zero-order valence-electron chi connectivity index (χ0n) is 25.9. The van der Waals surface area contributed by atoms with Crippen LogP contribution in [0.25, 0.3) is 0 Å². The fourth-order valence-electron chi connectivity index (χ4n) is 4.82. The number of aliphatic hydroxyl groups is 1. The van der Waals surface area contributed by atoms with Crippen molar-refractivity contribution in [2.45, 2.75) is 105 Å². The first kappa shape index (κ1) is 33.8. The Balaban J connectivity index is 2.50. The molecule has 2 atom stereocenters. The minimum Gasteiger partial charge on any atom is -0.444 e. The van der Waals surface area contributed by atoms with Gasteiger partial charge >= 0.3 is 6.09 Å². The number of rotatable bonds is 14. The molecule has 3 amide bonds. The number of carbonyl (C=O) groups is 3. The molecule has 0 saturated heterocycles. The van der Waals surface area contributed by atoms with E-state index in [9.17, 15) is 19.5 Å². The van der Waals surface area contributed by atoms with Gasteiger partial charge in [0.05, 0.1) is 6.61 Å². The summed E-state index contributed by atoms with van der Waals surface area (Å²) in [5.41, 5.74) is 3.37. The highest BCUT2D eigenvalue weighted by atomic mass is 16.6. The molecule has 3 N–H and O–H groups in total. The van der Waals surface area contributed by atoms with Crippen molar-refractivity contribution in [3.05, 3.63) is 64.7 Å². The van der Waals surface area contributed by atoms with Crippen LogP contribution in [0.2, 0.25) is 0 Å². The summed E-state index contributed by atoms with van der Waals surface area (Å²) in [5, 5.41) is 15.7. The van der Waals surface area contributed by atoms with Crippen molar-refractivity contribution in [2.75, 3.05) is 18.5 Å². The fourth-order valence-corrected chi connectivity index (χ4v) is 4.82. The van der Waals surface area contributed by atoms with Crippen molar-refractivity contribution in [3.8, 4) is 0 Å². The third kappa shape index (κ3) is 11.2. The first-order valence-corrected chi connectivity index (χ1v) is 14.7. The molecule has 0 aromatic heterocycles. The maximum atomic E-state index is 14.1. The van der Waals surface area contributed by atoms with Gasteiger partial charge in [0.2, 0.25) is 5.91 Å². The molecular formula is C33H49N3O5. The number of aryl methyl sites for hydroxylation is 3. The van der Waals surface area contributed by atoms with E-state index in [2.05, 4.69) is 17.6 Å². The van der Waals surface area contributed by atoms with Crippen LogP contribution in [0.3, 0.4) is 0 Å². The molecule has 0 fully saturated rings. The largest absolute Gasteiger partial charge is 0.444 e. The van der Waals surface area contributed by atoms with Crippen LogP contribution in [0.4, 0.5) is 10.5 Å². The van der Waals surface area contributed by atoms with Gasteiger partial charge in [0.25, 0.3) is 5.91 Å². The minimum atomic E-state index is -1.27. The normalized spacial score (nSPS) is 12.8. The summed E-state index contributed by atoms with van der Waals surface area (Å²) in [6.45, 7) is 12.8. The van der Waals surface area contributed by atoms with Gasteiger partial charge in [-0.1, -0.05) is 86.6 Å². The maximum Gasteiger partial charge on any atom is 0.408 e. The Hall–Kier alpha value is -3.39. The molecule has 0 saturated carbocycles. The van der Waals surface area contributed by atoms with E-state index < -0.39 is 36.3 Å². The van der Waals surface area contributed by atoms with Crippen molar-refractivity contribution in [2.24, 2.45) is 0 Å². The third-order valence-corrected chi connectivity index (χ3v) is 6.73. The third-order valence-electron chi connectivity index (χ3n) is 6.73. The molecule has 0 heterocycles. The van der Waals surface area contributed by atoms with Crippen molar-refractivity contribution in [3.63, 3.8) is 0 Å². The highest BCUT2D eigenvalue weighted by Gasteiger charge is 2.36. The molecule has 41 heavy (non-hydrogen) atoms. The second-order valence-electron chi connectivity index (χ2n) is 11.8. The molecule has 2 rings (SSSR count). The summed E-state index contributed by atoms with van der Waals surface area (Å²) in [7, 11) is 0. The van der Waals surface area contributed by atoms with E-state index in [-0.39, 0.29) is 12.5 Å². The van der Waals surface area contributed by atoms with Crippen LogP contribution in [0, 0.1) is 20.8 Å². The molecule has 2 unspecified atom stereocenters. The van der Waals surface area contributed by atoms with Gasteiger partial charge in [0.15, 0.2) is 0 Å². The SMILES string of the molecule is CCCCCCCCN(C(=O)C(CO)NC(=O)OC(C)(C)C)C(C(=O)Nc1ccccc1C)c1cc(C)cc(C)c1. The first-order chi connectivity index (χ1) is 19.4. The molecule has 0 bridgehead atoms. The Kier molecular flexibility index (Phi) is 13.3. The molecule has 2 aromatic carbocycles. The van der Waals surface area contributed by atoms with Crippen LogP contribution in [0.15, 0.2) is 42.5 Å². The zero-order valence-corrected chi connectivity index (χ0v) is 25.9. The van der Waals surface area contributed by atoms with Gasteiger partial charge in [-0.2, -0.15) is 0 Å². The van der Waals surface area contributed by atoms with E-state index in [4.69, 9.17) is 4.74 Å². The summed E-state index contributed by atoms with van der Waals surface area (Å²) in [6, 6.07) is 11.1. The van der Waals surface area contributed by atoms with Gasteiger partial charge in [0.1, 0.15) is 17.7 Å². The molecule has 0 spiro atoms. The number of benzene rings is 2. The Morgan fingerprint density at radius 2 is 1.54 bits per heavy atom. The van der Waals surface area contributed by atoms with Crippen LogP contribution in [0.5, 0.6) is 0 Å². The molecule has 0 aliphatic rings. The highest BCUT2D eigenvalue weighted by Crippen LogP contribution is 2.28. The first-order valence-electron chi connectivity index (χ1n) is 14.7. The lowest BCUT2D eigenvalue weighted by molar-refractivity contribution is -0.141. The summed E-state index contributed by atoms with van der Waals surface area (Å²) >= 11 is 0. The lowest BCUT2D eigenvalue weighted by atomic mass is 9.97. The molecule has 8 heteroatoms. The smallest absolute Gasteiger partial charge is 0.408 e. The zero-order chi connectivity index (χ0) is 30.6. The quantitative estimate of drug-likeness (QED) is 0.230. The highest BCUT2D eigenvalue weighted by molar-refractivity contribution is 5.99. The van der Waals surface area contributed by atoms with Crippen molar-refractivity contribution < 1.29 is 24.2 Å². The Morgan fingerprint density at radius 1 is 0.927 bits per heavy atom. The number of para-hydroxylation sites is 1. The number of nitrogens with zero attached hydrogens (tertiary/aromatic N) is 1. The summed E-state index contributed by atoms with van der Waals surface area (Å²) in [5.74, 6) is -0.909. The van der Waals surface area contributed by atoms with Crippen molar-refractivity contribution in [1.29, 1.82) is 0 Å². The molecule has 2 aromatic rings. The lowest BCUT2D eigenvalue weighted by Gasteiger charge is -2.34. The number of anilines is 1. The van der Waals surface area contributed by atoms with E-state index >= 15 is 0 Å². The predicted molar refractivity (Wildman–Crippen MR) is 164 cm³/mol. The van der Waals surface area contributed by atoms with Crippen LogP contribution in [-0.4, -0.2) is 52.7 Å². The van der Waals surface area contributed by atoms with Gasteiger partial charge in [-0.05, 0) is 65.2 Å². The number of ether oxygens (including phenoxy) is 1.